The maximum atomic E-state index is 12.1. The van der Waals surface area contributed by atoms with Gasteiger partial charge in [-0.15, -0.1) is 0 Å². The Morgan fingerprint density at radius 3 is 3.06 bits per heavy atom. The van der Waals surface area contributed by atoms with Gasteiger partial charge in [-0.05, 0) is 31.7 Å². The van der Waals surface area contributed by atoms with E-state index in [9.17, 15) is 4.79 Å². The third-order valence-corrected chi connectivity index (χ3v) is 3.53. The molecule has 1 aliphatic rings. The number of nitrogens with zero attached hydrogens (tertiary/aromatic N) is 3. The first-order valence-electron chi connectivity index (χ1n) is 6.58. The van der Waals surface area contributed by atoms with Crippen molar-refractivity contribution in [1.82, 2.24) is 14.7 Å². The lowest BCUT2D eigenvalue weighted by Gasteiger charge is -2.35. The van der Waals surface area contributed by atoms with Gasteiger partial charge >= 0.3 is 0 Å². The highest BCUT2D eigenvalue weighted by atomic mass is 16.2. The minimum Gasteiger partial charge on any atom is -0.340 e. The van der Waals surface area contributed by atoms with E-state index in [0.717, 1.165) is 19.4 Å². The summed E-state index contributed by atoms with van der Waals surface area (Å²) in [5.41, 5.74) is 0. The van der Waals surface area contributed by atoms with Gasteiger partial charge in [0.05, 0.1) is 0 Å². The Morgan fingerprint density at radius 1 is 1.47 bits per heavy atom. The summed E-state index contributed by atoms with van der Waals surface area (Å²) in [4.78, 5) is 14.2. The second-order valence-electron chi connectivity index (χ2n) is 4.66. The minimum atomic E-state index is 0.284. The summed E-state index contributed by atoms with van der Waals surface area (Å²) in [6.45, 7) is 3.80. The van der Waals surface area contributed by atoms with Crippen molar-refractivity contribution >= 4 is 5.91 Å². The number of hydrogen-bond acceptors (Lipinski definition) is 2. The van der Waals surface area contributed by atoms with Crippen molar-refractivity contribution in [3.63, 3.8) is 0 Å². The lowest BCUT2D eigenvalue weighted by molar-refractivity contribution is -0.135. The van der Waals surface area contributed by atoms with Gasteiger partial charge in [0, 0.05) is 37.9 Å². The zero-order valence-electron chi connectivity index (χ0n) is 10.5. The van der Waals surface area contributed by atoms with Crippen LogP contribution >= 0.6 is 0 Å². The molecule has 0 N–H and O–H groups in total. The van der Waals surface area contributed by atoms with E-state index in [0.29, 0.717) is 19.0 Å². The number of aromatic nitrogens is 2. The molecule has 0 saturated carbocycles. The number of aryl methyl sites for hydroxylation is 1. The van der Waals surface area contributed by atoms with Crippen molar-refractivity contribution in [3.05, 3.63) is 18.5 Å². The highest BCUT2D eigenvalue weighted by Crippen LogP contribution is 2.20. The van der Waals surface area contributed by atoms with E-state index in [4.69, 9.17) is 0 Å². The maximum Gasteiger partial charge on any atom is 0.224 e. The Morgan fingerprint density at radius 2 is 2.35 bits per heavy atom. The molecule has 1 atom stereocenters. The summed E-state index contributed by atoms with van der Waals surface area (Å²) >= 11 is 0. The lowest BCUT2D eigenvalue weighted by atomic mass is 9.99. The van der Waals surface area contributed by atoms with Gasteiger partial charge in [0.15, 0.2) is 0 Å². The van der Waals surface area contributed by atoms with Gasteiger partial charge in [0.2, 0.25) is 5.91 Å². The number of piperidine rings is 1. The molecule has 1 saturated heterocycles. The normalized spacial score (nSPS) is 20.5. The molecule has 1 amide bonds. The number of carbonyl (C=O) groups excluding carboxylic acids is 1. The van der Waals surface area contributed by atoms with Crippen molar-refractivity contribution in [3.8, 4) is 0 Å². The maximum absolute atomic E-state index is 12.1. The number of rotatable bonds is 4. The molecular formula is C13H21N3O. The SMILES string of the molecule is CCC1CCCCN1C(=O)CCn1cccn1. The Kier molecular flexibility index (Phi) is 4.18. The molecule has 0 spiro atoms. The highest BCUT2D eigenvalue weighted by Gasteiger charge is 2.24. The van der Waals surface area contributed by atoms with Crippen LogP contribution in [0.15, 0.2) is 18.5 Å². The van der Waals surface area contributed by atoms with Crippen LogP contribution in [0.2, 0.25) is 0 Å². The number of amides is 1. The van der Waals surface area contributed by atoms with Crippen LogP contribution in [0.25, 0.3) is 0 Å². The van der Waals surface area contributed by atoms with E-state index in [1.807, 2.05) is 16.9 Å². The summed E-state index contributed by atoms with van der Waals surface area (Å²) in [5.74, 6) is 0.284. The molecule has 94 valence electrons. The predicted octanol–water partition coefficient (Wildman–Crippen LogP) is 2.06. The van der Waals surface area contributed by atoms with Crippen molar-refractivity contribution in [2.45, 2.75) is 51.6 Å². The largest absolute Gasteiger partial charge is 0.340 e. The first-order chi connectivity index (χ1) is 8.31. The van der Waals surface area contributed by atoms with E-state index in [2.05, 4.69) is 16.9 Å². The van der Waals surface area contributed by atoms with Gasteiger partial charge in [0.1, 0.15) is 0 Å². The molecule has 0 bridgehead atoms. The Hall–Kier alpha value is -1.32. The minimum absolute atomic E-state index is 0.284. The van der Waals surface area contributed by atoms with Gasteiger partial charge in [0.25, 0.3) is 0 Å². The molecule has 0 radical (unpaired) electrons. The van der Waals surface area contributed by atoms with E-state index >= 15 is 0 Å². The number of likely N-dealkylation sites (tertiary alicyclic amines) is 1. The molecule has 1 aromatic rings. The molecule has 1 aromatic heterocycles. The Bertz CT molecular complexity index is 348. The van der Waals surface area contributed by atoms with Gasteiger partial charge in [-0.1, -0.05) is 6.92 Å². The van der Waals surface area contributed by atoms with Crippen LogP contribution in [0.1, 0.15) is 39.0 Å². The zero-order chi connectivity index (χ0) is 12.1. The average Bonchev–Trinajstić information content (AvgIpc) is 2.89. The second-order valence-corrected chi connectivity index (χ2v) is 4.66. The summed E-state index contributed by atoms with van der Waals surface area (Å²) in [5, 5.41) is 4.12. The zero-order valence-corrected chi connectivity index (χ0v) is 10.5. The predicted molar refractivity (Wildman–Crippen MR) is 66.5 cm³/mol. The smallest absolute Gasteiger partial charge is 0.224 e. The van der Waals surface area contributed by atoms with Crippen molar-refractivity contribution in [2.75, 3.05) is 6.54 Å². The first kappa shape index (κ1) is 12.1. The summed E-state index contributed by atoms with van der Waals surface area (Å²) < 4.78 is 1.82. The van der Waals surface area contributed by atoms with E-state index in [1.54, 1.807) is 6.20 Å². The monoisotopic (exact) mass is 235 g/mol. The molecule has 2 heterocycles. The Labute approximate surface area is 103 Å². The molecule has 1 aliphatic heterocycles. The van der Waals surface area contributed by atoms with Crippen LogP contribution in [0.5, 0.6) is 0 Å². The van der Waals surface area contributed by atoms with Crippen molar-refractivity contribution < 1.29 is 4.79 Å². The van der Waals surface area contributed by atoms with Gasteiger partial charge < -0.3 is 4.90 Å². The van der Waals surface area contributed by atoms with Crippen LogP contribution < -0.4 is 0 Å². The molecule has 1 unspecified atom stereocenters. The Balaban J connectivity index is 1.85. The van der Waals surface area contributed by atoms with E-state index in [1.165, 1.54) is 12.8 Å². The molecule has 0 aromatic carbocycles. The molecule has 2 rings (SSSR count). The summed E-state index contributed by atoms with van der Waals surface area (Å²) in [6.07, 6.45) is 8.89. The van der Waals surface area contributed by atoms with Crippen LogP contribution in [-0.2, 0) is 11.3 Å². The standard InChI is InChI=1S/C13H21N3O/c1-2-12-6-3-4-10-16(12)13(17)7-11-15-9-5-8-14-15/h5,8-9,12H,2-4,6-7,10-11H2,1H3. The molecule has 17 heavy (non-hydrogen) atoms. The summed E-state index contributed by atoms with van der Waals surface area (Å²) in [6, 6.07) is 2.36. The number of carbonyl (C=O) groups is 1. The highest BCUT2D eigenvalue weighted by molar-refractivity contribution is 5.76. The lowest BCUT2D eigenvalue weighted by Crippen LogP contribution is -2.43. The topological polar surface area (TPSA) is 38.1 Å². The fourth-order valence-corrected chi connectivity index (χ4v) is 2.54. The summed E-state index contributed by atoms with van der Waals surface area (Å²) in [7, 11) is 0. The third kappa shape index (κ3) is 3.08. The fourth-order valence-electron chi connectivity index (χ4n) is 2.54. The van der Waals surface area contributed by atoms with Crippen molar-refractivity contribution in [1.29, 1.82) is 0 Å². The van der Waals surface area contributed by atoms with E-state index < -0.39 is 0 Å². The molecule has 4 heteroatoms. The molecule has 4 nitrogen and oxygen atoms in total. The fraction of sp³-hybridized carbons (Fsp3) is 0.692. The molecular weight excluding hydrogens is 214 g/mol. The van der Waals surface area contributed by atoms with Gasteiger partial charge in [-0.2, -0.15) is 5.10 Å². The van der Waals surface area contributed by atoms with Gasteiger partial charge in [-0.3, -0.25) is 9.48 Å². The second kappa shape index (κ2) is 5.84. The number of hydrogen-bond donors (Lipinski definition) is 0. The van der Waals surface area contributed by atoms with Crippen LogP contribution in [0.3, 0.4) is 0 Å². The third-order valence-electron chi connectivity index (χ3n) is 3.53. The quantitative estimate of drug-likeness (QED) is 0.801. The average molecular weight is 235 g/mol. The molecule has 0 aliphatic carbocycles. The molecule has 1 fully saturated rings. The van der Waals surface area contributed by atoms with E-state index in [-0.39, 0.29) is 5.91 Å². The van der Waals surface area contributed by atoms with Crippen LogP contribution in [0.4, 0.5) is 0 Å². The van der Waals surface area contributed by atoms with Crippen LogP contribution in [-0.4, -0.2) is 33.2 Å². The first-order valence-corrected chi connectivity index (χ1v) is 6.58. The van der Waals surface area contributed by atoms with Crippen molar-refractivity contribution in [2.24, 2.45) is 0 Å². The van der Waals surface area contributed by atoms with Crippen LogP contribution in [0, 0.1) is 0 Å². The van der Waals surface area contributed by atoms with Gasteiger partial charge in [-0.25, -0.2) is 0 Å².